The summed E-state index contributed by atoms with van der Waals surface area (Å²) in [7, 11) is 3.91. The maximum absolute atomic E-state index is 12.2. The Morgan fingerprint density at radius 3 is 2.64 bits per heavy atom. The quantitative estimate of drug-likeness (QED) is 0.807. The first-order valence-corrected chi connectivity index (χ1v) is 7.50. The van der Waals surface area contributed by atoms with Crippen molar-refractivity contribution in [3.05, 3.63) is 46.4 Å². The van der Waals surface area contributed by atoms with E-state index in [-0.39, 0.29) is 11.2 Å². The molecule has 1 aliphatic carbocycles. The third kappa shape index (κ3) is 2.73. The van der Waals surface area contributed by atoms with E-state index in [0.717, 1.165) is 35.5 Å². The Morgan fingerprint density at radius 2 is 2.00 bits per heavy atom. The molecule has 0 fully saturated rings. The van der Waals surface area contributed by atoms with E-state index in [0.29, 0.717) is 5.75 Å². The fourth-order valence-corrected chi connectivity index (χ4v) is 3.14. The largest absolute Gasteiger partial charge is 0.463 e. The van der Waals surface area contributed by atoms with E-state index < -0.39 is 6.86 Å². The zero-order chi connectivity index (χ0) is 15.7. The second-order valence-corrected chi connectivity index (χ2v) is 5.83. The molecule has 0 saturated carbocycles. The van der Waals surface area contributed by atoms with Crippen molar-refractivity contribution in [2.75, 3.05) is 25.9 Å². The Hall–Kier alpha value is -1.88. The van der Waals surface area contributed by atoms with Gasteiger partial charge in [0.2, 0.25) is 12.1 Å². The van der Waals surface area contributed by atoms with Crippen molar-refractivity contribution in [2.45, 2.75) is 18.8 Å². The molecule has 1 unspecified atom stereocenters. The number of hydrogen-bond donors (Lipinski definition) is 0. The Labute approximate surface area is 133 Å². The lowest BCUT2D eigenvalue weighted by Gasteiger charge is -2.17. The van der Waals surface area contributed by atoms with Gasteiger partial charge in [0, 0.05) is 25.6 Å². The fourth-order valence-electron chi connectivity index (χ4n) is 2.97. The molecule has 116 valence electrons. The average Bonchev–Trinajstić information content (AvgIpc) is 2.91. The number of nitrogens with zero attached hydrogens (tertiary/aromatic N) is 3. The molecule has 1 aromatic carbocycles. The van der Waals surface area contributed by atoms with Crippen LogP contribution in [-0.4, -0.2) is 30.9 Å². The van der Waals surface area contributed by atoms with Crippen molar-refractivity contribution in [1.82, 2.24) is 9.97 Å². The van der Waals surface area contributed by atoms with Gasteiger partial charge in [-0.1, -0.05) is 12.1 Å². The number of alkyl halides is 1. The van der Waals surface area contributed by atoms with Gasteiger partial charge in [0.1, 0.15) is 11.6 Å². The molecule has 1 atom stereocenters. The van der Waals surface area contributed by atoms with Gasteiger partial charge < -0.3 is 9.64 Å². The minimum Gasteiger partial charge on any atom is -0.463 e. The second-order valence-electron chi connectivity index (χ2n) is 5.49. The highest BCUT2D eigenvalue weighted by Crippen LogP contribution is 2.40. The molecule has 0 saturated heterocycles. The molecule has 0 amide bonds. The molecule has 22 heavy (non-hydrogen) atoms. The molecular weight excluding hydrogens is 305 g/mol. The van der Waals surface area contributed by atoms with E-state index in [1.54, 1.807) is 12.1 Å². The van der Waals surface area contributed by atoms with Crippen molar-refractivity contribution < 1.29 is 9.13 Å². The monoisotopic (exact) mass is 321 g/mol. The molecule has 6 heteroatoms. The topological polar surface area (TPSA) is 38.2 Å². The number of fused-ring (bicyclic) bond motifs is 1. The van der Waals surface area contributed by atoms with Crippen LogP contribution in [0.15, 0.2) is 24.3 Å². The number of aromatic nitrogens is 2. The zero-order valence-electron chi connectivity index (χ0n) is 12.5. The Morgan fingerprint density at radius 1 is 1.27 bits per heavy atom. The van der Waals surface area contributed by atoms with Crippen LogP contribution < -0.4 is 9.64 Å². The molecule has 0 spiro atoms. The Kier molecular flexibility index (Phi) is 4.16. The summed E-state index contributed by atoms with van der Waals surface area (Å²) in [6.45, 7) is -0.819. The number of hydrogen-bond acceptors (Lipinski definition) is 4. The molecular formula is C16H17ClFN3O. The molecule has 4 nitrogen and oxygen atoms in total. The van der Waals surface area contributed by atoms with Crippen LogP contribution >= 0.6 is 11.6 Å². The van der Waals surface area contributed by atoms with Gasteiger partial charge in [0.05, 0.1) is 5.69 Å². The minimum atomic E-state index is -0.819. The summed E-state index contributed by atoms with van der Waals surface area (Å²) in [6, 6.07) is 7.47. The van der Waals surface area contributed by atoms with E-state index in [9.17, 15) is 4.39 Å². The molecule has 0 aliphatic heterocycles. The summed E-state index contributed by atoms with van der Waals surface area (Å²) in [6.07, 6.45) is 1.89. The fraction of sp³-hybridized carbons (Fsp3) is 0.375. The van der Waals surface area contributed by atoms with Crippen LogP contribution in [0, 0.1) is 0 Å². The first kappa shape index (κ1) is 15.0. The molecule has 0 bridgehead atoms. The first-order chi connectivity index (χ1) is 10.6. The molecule has 1 heterocycles. The molecule has 0 radical (unpaired) electrons. The van der Waals surface area contributed by atoms with Gasteiger partial charge in [-0.05, 0) is 42.1 Å². The number of anilines is 1. The van der Waals surface area contributed by atoms with Gasteiger partial charge >= 0.3 is 0 Å². The van der Waals surface area contributed by atoms with Gasteiger partial charge in [-0.25, -0.2) is 14.4 Å². The maximum atomic E-state index is 12.2. The molecule has 1 aromatic heterocycles. The molecule has 1 aliphatic rings. The van der Waals surface area contributed by atoms with E-state index >= 15 is 0 Å². The SMILES string of the molecule is CN(C)c1nc(Cl)nc2c1CCC2c1ccc(OCF)cc1. The van der Waals surface area contributed by atoms with E-state index in [4.69, 9.17) is 16.3 Å². The predicted molar refractivity (Wildman–Crippen MR) is 84.6 cm³/mol. The molecule has 2 aromatic rings. The lowest BCUT2D eigenvalue weighted by molar-refractivity contribution is 0.191. The molecule has 3 rings (SSSR count). The number of halogens is 2. The summed E-state index contributed by atoms with van der Waals surface area (Å²) >= 11 is 6.08. The van der Waals surface area contributed by atoms with Crippen LogP contribution in [0.4, 0.5) is 10.2 Å². The predicted octanol–water partition coefficient (Wildman–Crippen LogP) is 3.58. The zero-order valence-corrected chi connectivity index (χ0v) is 13.3. The third-order valence-electron chi connectivity index (χ3n) is 3.93. The summed E-state index contributed by atoms with van der Waals surface area (Å²) in [5.74, 6) is 1.60. The summed E-state index contributed by atoms with van der Waals surface area (Å²) in [5.41, 5.74) is 3.27. The summed E-state index contributed by atoms with van der Waals surface area (Å²) < 4.78 is 17.0. The van der Waals surface area contributed by atoms with Crippen molar-refractivity contribution in [3.63, 3.8) is 0 Å². The van der Waals surface area contributed by atoms with Gasteiger partial charge in [-0.3, -0.25) is 0 Å². The smallest absolute Gasteiger partial charge is 0.228 e. The van der Waals surface area contributed by atoms with Gasteiger partial charge in [0.25, 0.3) is 0 Å². The highest BCUT2D eigenvalue weighted by atomic mass is 35.5. The van der Waals surface area contributed by atoms with Crippen molar-refractivity contribution >= 4 is 17.4 Å². The van der Waals surface area contributed by atoms with Gasteiger partial charge in [-0.15, -0.1) is 0 Å². The third-order valence-corrected chi connectivity index (χ3v) is 4.10. The summed E-state index contributed by atoms with van der Waals surface area (Å²) in [5, 5.41) is 0.270. The van der Waals surface area contributed by atoms with Crippen molar-refractivity contribution in [2.24, 2.45) is 0 Å². The second kappa shape index (κ2) is 6.08. The van der Waals surface area contributed by atoms with E-state index in [2.05, 4.69) is 9.97 Å². The van der Waals surface area contributed by atoms with Crippen LogP contribution in [-0.2, 0) is 6.42 Å². The van der Waals surface area contributed by atoms with Crippen LogP contribution in [0.1, 0.15) is 29.2 Å². The normalized spacial score (nSPS) is 16.5. The van der Waals surface area contributed by atoms with E-state index in [1.807, 2.05) is 31.1 Å². The van der Waals surface area contributed by atoms with Crippen LogP contribution in [0.3, 0.4) is 0 Å². The lowest BCUT2D eigenvalue weighted by Crippen LogP contribution is -2.14. The van der Waals surface area contributed by atoms with Gasteiger partial charge in [-0.2, -0.15) is 0 Å². The number of ether oxygens (including phenoxy) is 1. The standard InChI is InChI=1S/C16H17ClFN3O/c1-21(2)15-13-8-7-12(14(13)19-16(17)20-15)10-3-5-11(6-4-10)22-9-18/h3-6,12H,7-9H2,1-2H3. The first-order valence-electron chi connectivity index (χ1n) is 7.12. The lowest BCUT2D eigenvalue weighted by atomic mass is 9.96. The Bertz CT molecular complexity index is 676. The number of rotatable bonds is 4. The minimum absolute atomic E-state index is 0.189. The van der Waals surface area contributed by atoms with E-state index in [1.165, 1.54) is 0 Å². The average molecular weight is 322 g/mol. The van der Waals surface area contributed by atoms with Crippen molar-refractivity contribution in [3.8, 4) is 5.75 Å². The van der Waals surface area contributed by atoms with Crippen LogP contribution in [0.25, 0.3) is 0 Å². The highest BCUT2D eigenvalue weighted by molar-refractivity contribution is 6.28. The van der Waals surface area contributed by atoms with Crippen molar-refractivity contribution in [1.29, 1.82) is 0 Å². The van der Waals surface area contributed by atoms with Crippen LogP contribution in [0.2, 0.25) is 5.28 Å². The number of benzene rings is 1. The van der Waals surface area contributed by atoms with Crippen LogP contribution in [0.5, 0.6) is 5.75 Å². The maximum Gasteiger partial charge on any atom is 0.228 e. The summed E-state index contributed by atoms with van der Waals surface area (Å²) in [4.78, 5) is 10.7. The molecule has 0 N–H and O–H groups in total. The highest BCUT2D eigenvalue weighted by Gasteiger charge is 2.29. The Balaban J connectivity index is 1.97. The van der Waals surface area contributed by atoms with Gasteiger partial charge in [0.15, 0.2) is 0 Å².